The van der Waals surface area contributed by atoms with Crippen molar-refractivity contribution in [3.63, 3.8) is 0 Å². The van der Waals surface area contributed by atoms with Gasteiger partial charge in [0.1, 0.15) is 24.1 Å². The van der Waals surface area contributed by atoms with E-state index in [1.807, 2.05) is 24.3 Å². The first-order chi connectivity index (χ1) is 10.3. The number of benzene rings is 1. The topological polar surface area (TPSA) is 46.2 Å². The molecule has 2 saturated heterocycles. The van der Waals surface area contributed by atoms with Gasteiger partial charge in [0.05, 0.1) is 39.6 Å². The van der Waals surface area contributed by atoms with Gasteiger partial charge in [0.2, 0.25) is 0 Å². The van der Waals surface area contributed by atoms with Crippen molar-refractivity contribution in [1.82, 2.24) is 0 Å². The molecule has 0 aromatic heterocycles. The second kappa shape index (κ2) is 7.07. The third-order valence-corrected chi connectivity index (χ3v) is 3.97. The molecule has 1 spiro atoms. The highest BCUT2D eigenvalue weighted by atomic mass is 79.9. The maximum atomic E-state index is 6.13. The van der Waals surface area contributed by atoms with Crippen molar-refractivity contribution in [3.05, 3.63) is 28.7 Å². The fourth-order valence-corrected chi connectivity index (χ4v) is 2.69. The quantitative estimate of drug-likeness (QED) is 0.827. The first-order valence-corrected chi connectivity index (χ1v) is 7.85. The summed E-state index contributed by atoms with van der Waals surface area (Å²) in [5.41, 5.74) is -0.498. The lowest BCUT2D eigenvalue weighted by Crippen LogP contribution is -2.54. The van der Waals surface area contributed by atoms with Crippen molar-refractivity contribution in [3.8, 4) is 5.75 Å². The van der Waals surface area contributed by atoms with Crippen molar-refractivity contribution < 1.29 is 23.7 Å². The van der Waals surface area contributed by atoms with Crippen LogP contribution in [0.2, 0.25) is 0 Å². The molecule has 0 unspecified atom stereocenters. The van der Waals surface area contributed by atoms with E-state index in [2.05, 4.69) is 15.9 Å². The van der Waals surface area contributed by atoms with Crippen LogP contribution in [0, 0.1) is 0 Å². The zero-order valence-corrected chi connectivity index (χ0v) is 13.3. The minimum Gasteiger partial charge on any atom is -0.491 e. The van der Waals surface area contributed by atoms with E-state index in [-0.39, 0.29) is 6.10 Å². The summed E-state index contributed by atoms with van der Waals surface area (Å²) in [7, 11) is 0. The number of hydrogen-bond donors (Lipinski definition) is 0. The minimum atomic E-state index is -0.498. The van der Waals surface area contributed by atoms with Crippen LogP contribution in [0.1, 0.15) is 0 Å². The van der Waals surface area contributed by atoms with Crippen molar-refractivity contribution in [2.24, 2.45) is 0 Å². The fourth-order valence-electron chi connectivity index (χ4n) is 2.43. The van der Waals surface area contributed by atoms with E-state index in [9.17, 15) is 0 Å². The number of ether oxygens (including phenoxy) is 5. The molecule has 1 aromatic carbocycles. The van der Waals surface area contributed by atoms with Gasteiger partial charge in [-0.15, -0.1) is 0 Å². The highest BCUT2D eigenvalue weighted by molar-refractivity contribution is 9.10. The molecule has 21 heavy (non-hydrogen) atoms. The average molecular weight is 359 g/mol. The zero-order chi connectivity index (χ0) is 14.5. The van der Waals surface area contributed by atoms with Gasteiger partial charge in [0.15, 0.2) is 0 Å². The van der Waals surface area contributed by atoms with Gasteiger partial charge in [-0.1, -0.05) is 15.9 Å². The Morgan fingerprint density at radius 1 is 1.05 bits per heavy atom. The Morgan fingerprint density at radius 3 is 2.43 bits per heavy atom. The fraction of sp³-hybridized carbons (Fsp3) is 0.600. The predicted molar refractivity (Wildman–Crippen MR) is 79.7 cm³/mol. The smallest absolute Gasteiger partial charge is 0.138 e. The molecule has 0 saturated carbocycles. The van der Waals surface area contributed by atoms with Crippen molar-refractivity contribution >= 4 is 15.9 Å². The van der Waals surface area contributed by atoms with E-state index in [1.54, 1.807) is 0 Å². The van der Waals surface area contributed by atoms with Crippen LogP contribution in [-0.2, 0) is 18.9 Å². The molecule has 0 bridgehead atoms. The molecule has 5 nitrogen and oxygen atoms in total. The van der Waals surface area contributed by atoms with Gasteiger partial charge in [-0.25, -0.2) is 0 Å². The molecule has 0 aliphatic carbocycles. The monoisotopic (exact) mass is 358 g/mol. The highest BCUT2D eigenvalue weighted by Crippen LogP contribution is 2.24. The number of halogens is 1. The van der Waals surface area contributed by atoms with E-state index in [1.165, 1.54) is 0 Å². The van der Waals surface area contributed by atoms with Crippen LogP contribution in [0.5, 0.6) is 5.75 Å². The molecule has 2 heterocycles. The predicted octanol–water partition coefficient (Wildman–Crippen LogP) is 2.03. The van der Waals surface area contributed by atoms with Crippen LogP contribution in [0.25, 0.3) is 0 Å². The average Bonchev–Trinajstić information content (AvgIpc) is 2.72. The van der Waals surface area contributed by atoms with Crippen LogP contribution < -0.4 is 4.74 Å². The molecular weight excluding hydrogens is 340 g/mol. The van der Waals surface area contributed by atoms with Crippen LogP contribution >= 0.6 is 15.9 Å². The van der Waals surface area contributed by atoms with E-state index in [0.29, 0.717) is 46.2 Å². The van der Waals surface area contributed by atoms with Gasteiger partial charge in [0.25, 0.3) is 0 Å². The molecule has 1 aromatic rings. The molecule has 1 atom stereocenters. The molecule has 116 valence electrons. The van der Waals surface area contributed by atoms with Crippen LogP contribution in [0.3, 0.4) is 0 Å². The Labute approximate surface area is 132 Å². The SMILES string of the molecule is Brc1ccc(OC[C@@H]2COCC3(COCCOC3)O2)cc1. The number of hydrogen-bond acceptors (Lipinski definition) is 5. The molecular formula is C15H19BrO5. The summed E-state index contributed by atoms with van der Waals surface area (Å²) in [6.07, 6.45) is -0.118. The molecule has 0 amide bonds. The third-order valence-electron chi connectivity index (χ3n) is 3.44. The highest BCUT2D eigenvalue weighted by Gasteiger charge is 2.40. The van der Waals surface area contributed by atoms with E-state index in [0.717, 1.165) is 10.2 Å². The summed E-state index contributed by atoms with van der Waals surface area (Å²) >= 11 is 3.40. The first-order valence-electron chi connectivity index (χ1n) is 7.05. The third kappa shape index (κ3) is 4.17. The van der Waals surface area contributed by atoms with Gasteiger partial charge < -0.3 is 23.7 Å². The molecule has 0 N–H and O–H groups in total. The first kappa shape index (κ1) is 15.2. The molecule has 2 aliphatic heterocycles. The Balaban J connectivity index is 1.54. The lowest BCUT2D eigenvalue weighted by atomic mass is 10.1. The van der Waals surface area contributed by atoms with Gasteiger partial charge in [-0.2, -0.15) is 0 Å². The number of rotatable bonds is 3. The van der Waals surface area contributed by atoms with E-state index < -0.39 is 5.60 Å². The minimum absolute atomic E-state index is 0.118. The lowest BCUT2D eigenvalue weighted by molar-refractivity contribution is -0.230. The summed E-state index contributed by atoms with van der Waals surface area (Å²) < 4.78 is 29.7. The molecule has 2 aliphatic rings. The molecule has 2 fully saturated rings. The Kier molecular flexibility index (Phi) is 5.13. The van der Waals surface area contributed by atoms with Gasteiger partial charge in [-0.05, 0) is 24.3 Å². The standard InChI is InChI=1S/C15H19BrO5/c16-12-1-3-13(4-2-12)20-8-14-7-19-11-15(21-14)9-17-5-6-18-10-15/h1-4,14H,5-11H2/t14-/m0/s1. The summed E-state index contributed by atoms with van der Waals surface area (Å²) in [5.74, 6) is 0.815. The zero-order valence-electron chi connectivity index (χ0n) is 11.8. The summed E-state index contributed by atoms with van der Waals surface area (Å²) in [6, 6.07) is 7.73. The molecule has 3 rings (SSSR count). The molecule has 0 radical (unpaired) electrons. The maximum Gasteiger partial charge on any atom is 0.138 e. The maximum absolute atomic E-state index is 6.13. The Hall–Kier alpha value is -0.660. The second-order valence-corrected chi connectivity index (χ2v) is 6.22. The molecule has 6 heteroatoms. The Bertz CT molecular complexity index is 442. The van der Waals surface area contributed by atoms with E-state index in [4.69, 9.17) is 23.7 Å². The van der Waals surface area contributed by atoms with E-state index >= 15 is 0 Å². The van der Waals surface area contributed by atoms with Gasteiger partial charge in [-0.3, -0.25) is 0 Å². The second-order valence-electron chi connectivity index (χ2n) is 5.31. The Morgan fingerprint density at radius 2 is 1.71 bits per heavy atom. The van der Waals surface area contributed by atoms with Gasteiger partial charge in [0, 0.05) is 4.47 Å². The van der Waals surface area contributed by atoms with Crippen LogP contribution in [0.4, 0.5) is 0 Å². The lowest BCUT2D eigenvalue weighted by Gasteiger charge is -2.39. The van der Waals surface area contributed by atoms with Gasteiger partial charge >= 0.3 is 0 Å². The summed E-state index contributed by atoms with van der Waals surface area (Å²) in [6.45, 7) is 3.68. The normalized spacial score (nSPS) is 25.5. The van der Waals surface area contributed by atoms with Crippen molar-refractivity contribution in [2.45, 2.75) is 11.7 Å². The van der Waals surface area contributed by atoms with Crippen molar-refractivity contribution in [1.29, 1.82) is 0 Å². The van der Waals surface area contributed by atoms with Crippen molar-refractivity contribution in [2.75, 3.05) is 46.2 Å². The summed E-state index contributed by atoms with van der Waals surface area (Å²) in [4.78, 5) is 0. The largest absolute Gasteiger partial charge is 0.491 e. The summed E-state index contributed by atoms with van der Waals surface area (Å²) in [5, 5.41) is 0. The van der Waals surface area contributed by atoms with Crippen LogP contribution in [-0.4, -0.2) is 58.0 Å². The van der Waals surface area contributed by atoms with Crippen LogP contribution in [0.15, 0.2) is 28.7 Å².